The number of nitriles is 1. The molecule has 1 amide bonds. The van der Waals surface area contributed by atoms with Gasteiger partial charge in [0.15, 0.2) is 6.61 Å². The molecule has 2 rings (SSSR count). The number of nitrogens with zero attached hydrogens (tertiary/aromatic N) is 1. The molecule has 2 aromatic rings. The summed E-state index contributed by atoms with van der Waals surface area (Å²) in [4.78, 5) is 12.1. The highest BCUT2D eigenvalue weighted by Gasteiger charge is 2.16. The lowest BCUT2D eigenvalue weighted by Crippen LogP contribution is -2.31. The lowest BCUT2D eigenvalue weighted by atomic mass is 10.1. The topological polar surface area (TPSA) is 108 Å². The summed E-state index contributed by atoms with van der Waals surface area (Å²) in [5.74, 6) is 0.0465. The predicted molar refractivity (Wildman–Crippen MR) is 106 cm³/mol. The van der Waals surface area contributed by atoms with Gasteiger partial charge in [-0.1, -0.05) is 19.1 Å². The van der Waals surface area contributed by atoms with E-state index in [0.717, 1.165) is 5.56 Å². The molecule has 0 saturated carbocycles. The minimum atomic E-state index is -3.57. The molecule has 0 radical (unpaired) electrons. The van der Waals surface area contributed by atoms with Crippen LogP contribution in [0.2, 0.25) is 0 Å². The number of carbonyl (C=O) groups is 1. The summed E-state index contributed by atoms with van der Waals surface area (Å²) in [7, 11) is -3.57. The Bertz CT molecular complexity index is 933. The van der Waals surface area contributed by atoms with E-state index in [0.29, 0.717) is 24.3 Å². The molecular formula is C20H23N3O4S. The quantitative estimate of drug-likeness (QED) is 0.672. The van der Waals surface area contributed by atoms with Gasteiger partial charge in [-0.3, -0.25) is 4.79 Å². The van der Waals surface area contributed by atoms with Crippen LogP contribution in [0.4, 0.5) is 5.69 Å². The van der Waals surface area contributed by atoms with Gasteiger partial charge in [0.25, 0.3) is 5.91 Å². The van der Waals surface area contributed by atoms with Crippen molar-refractivity contribution in [3.8, 4) is 11.8 Å². The van der Waals surface area contributed by atoms with E-state index in [1.807, 2.05) is 6.92 Å². The maximum Gasteiger partial charge on any atom is 0.262 e. The van der Waals surface area contributed by atoms with Crippen molar-refractivity contribution in [2.24, 2.45) is 0 Å². The van der Waals surface area contributed by atoms with Crippen molar-refractivity contribution in [3.63, 3.8) is 0 Å². The Morgan fingerprint density at radius 2 is 1.79 bits per heavy atom. The number of nitrogens with one attached hydrogen (secondary N) is 2. The summed E-state index contributed by atoms with van der Waals surface area (Å²) < 4.78 is 32.4. The molecule has 0 unspecified atom stereocenters. The van der Waals surface area contributed by atoms with Gasteiger partial charge in [0.05, 0.1) is 17.4 Å². The Kier molecular flexibility index (Phi) is 7.55. The van der Waals surface area contributed by atoms with Crippen LogP contribution in [-0.4, -0.2) is 27.0 Å². The van der Waals surface area contributed by atoms with Gasteiger partial charge < -0.3 is 10.1 Å². The van der Waals surface area contributed by atoms with Crippen LogP contribution in [0.3, 0.4) is 0 Å². The first-order valence-electron chi connectivity index (χ1n) is 8.85. The maximum absolute atomic E-state index is 12.2. The zero-order chi connectivity index (χ0) is 20.6. The zero-order valence-electron chi connectivity index (χ0n) is 15.8. The van der Waals surface area contributed by atoms with E-state index in [-0.39, 0.29) is 23.5 Å². The second kappa shape index (κ2) is 9.88. The highest BCUT2D eigenvalue weighted by atomic mass is 32.2. The van der Waals surface area contributed by atoms with Gasteiger partial charge in [0, 0.05) is 11.7 Å². The van der Waals surface area contributed by atoms with E-state index in [1.165, 1.54) is 24.3 Å². The lowest BCUT2D eigenvalue weighted by Gasteiger charge is -2.12. The molecule has 0 aliphatic rings. The minimum absolute atomic E-state index is 0.141. The van der Waals surface area contributed by atoms with E-state index in [9.17, 15) is 13.2 Å². The number of amides is 1. The molecule has 0 saturated heterocycles. The van der Waals surface area contributed by atoms with Gasteiger partial charge in [-0.25, -0.2) is 13.1 Å². The van der Waals surface area contributed by atoms with Crippen molar-refractivity contribution < 1.29 is 17.9 Å². The van der Waals surface area contributed by atoms with Crippen molar-refractivity contribution in [2.75, 3.05) is 11.9 Å². The number of hydrogen-bond donors (Lipinski definition) is 2. The first-order chi connectivity index (χ1) is 13.3. The van der Waals surface area contributed by atoms with Gasteiger partial charge >= 0.3 is 0 Å². The molecule has 0 bridgehead atoms. The van der Waals surface area contributed by atoms with E-state index in [4.69, 9.17) is 10.00 Å². The predicted octanol–water partition coefficient (Wildman–Crippen LogP) is 2.85. The van der Waals surface area contributed by atoms with E-state index in [2.05, 4.69) is 16.1 Å². The van der Waals surface area contributed by atoms with Crippen molar-refractivity contribution in [2.45, 2.75) is 37.6 Å². The second-order valence-electron chi connectivity index (χ2n) is 6.27. The van der Waals surface area contributed by atoms with Gasteiger partial charge in [0.1, 0.15) is 5.75 Å². The number of benzene rings is 2. The molecule has 8 heteroatoms. The summed E-state index contributed by atoms with van der Waals surface area (Å²) in [6.07, 6.45) is 1.01. The third-order valence-corrected chi connectivity index (χ3v) is 5.60. The molecular weight excluding hydrogens is 378 g/mol. The van der Waals surface area contributed by atoms with Crippen LogP contribution in [0.1, 0.15) is 25.8 Å². The zero-order valence-corrected chi connectivity index (χ0v) is 16.6. The molecule has 0 aromatic heterocycles. The molecule has 7 nitrogen and oxygen atoms in total. The molecule has 0 fully saturated rings. The number of carbonyl (C=O) groups excluding carboxylic acids is 1. The van der Waals surface area contributed by atoms with E-state index < -0.39 is 10.0 Å². The summed E-state index contributed by atoms with van der Waals surface area (Å²) >= 11 is 0. The molecule has 28 heavy (non-hydrogen) atoms. The molecule has 0 aliphatic carbocycles. The van der Waals surface area contributed by atoms with Crippen LogP contribution in [0.15, 0.2) is 53.4 Å². The summed E-state index contributed by atoms with van der Waals surface area (Å²) in [5, 5.41) is 11.3. The van der Waals surface area contributed by atoms with E-state index in [1.54, 1.807) is 31.2 Å². The maximum atomic E-state index is 12.2. The van der Waals surface area contributed by atoms with Gasteiger partial charge in [-0.05, 0) is 55.3 Å². The van der Waals surface area contributed by atoms with Crippen LogP contribution in [0.5, 0.6) is 5.75 Å². The SMILES string of the molecule is CC[C@@H](C)NS(=O)(=O)c1ccc(OCC(=O)Nc2ccc(CC#N)cc2)cc1. The molecule has 148 valence electrons. The third kappa shape index (κ3) is 6.37. The highest BCUT2D eigenvalue weighted by molar-refractivity contribution is 7.89. The van der Waals surface area contributed by atoms with E-state index >= 15 is 0 Å². The van der Waals surface area contributed by atoms with Gasteiger partial charge in [-0.15, -0.1) is 0 Å². The number of ether oxygens (including phenoxy) is 1. The summed E-state index contributed by atoms with van der Waals surface area (Å²) in [6.45, 7) is 3.48. The largest absolute Gasteiger partial charge is 0.484 e. The van der Waals surface area contributed by atoms with Crippen molar-refractivity contribution in [1.29, 1.82) is 5.26 Å². The molecule has 2 aromatic carbocycles. The second-order valence-corrected chi connectivity index (χ2v) is 7.98. The number of hydrogen-bond acceptors (Lipinski definition) is 5. The van der Waals surface area contributed by atoms with Gasteiger partial charge in [0.2, 0.25) is 10.0 Å². The monoisotopic (exact) mass is 401 g/mol. The molecule has 1 atom stereocenters. The fourth-order valence-corrected chi connectivity index (χ4v) is 3.60. The average Bonchev–Trinajstić information content (AvgIpc) is 2.68. The van der Waals surface area contributed by atoms with Crippen molar-refractivity contribution in [3.05, 3.63) is 54.1 Å². The van der Waals surface area contributed by atoms with Crippen LogP contribution in [0.25, 0.3) is 0 Å². The Balaban J connectivity index is 1.88. The Morgan fingerprint density at radius 1 is 1.14 bits per heavy atom. The smallest absolute Gasteiger partial charge is 0.262 e. The molecule has 0 spiro atoms. The minimum Gasteiger partial charge on any atom is -0.484 e. The number of anilines is 1. The highest BCUT2D eigenvalue weighted by Crippen LogP contribution is 2.17. The van der Waals surface area contributed by atoms with Crippen molar-refractivity contribution in [1.82, 2.24) is 4.72 Å². The molecule has 0 heterocycles. The van der Waals surface area contributed by atoms with Crippen LogP contribution in [0, 0.1) is 11.3 Å². The lowest BCUT2D eigenvalue weighted by molar-refractivity contribution is -0.118. The normalized spacial score (nSPS) is 12.0. The molecule has 2 N–H and O–H groups in total. The fraction of sp³-hybridized carbons (Fsp3) is 0.300. The van der Waals surface area contributed by atoms with Crippen molar-refractivity contribution >= 4 is 21.6 Å². The Hall–Kier alpha value is -2.89. The Labute approximate surface area is 165 Å². The number of rotatable bonds is 9. The van der Waals surface area contributed by atoms with Crippen LogP contribution < -0.4 is 14.8 Å². The standard InChI is InChI=1S/C20H23N3O4S/c1-3-15(2)23-28(25,26)19-10-8-18(9-11-19)27-14-20(24)22-17-6-4-16(5-7-17)12-13-21/h4-11,15,23H,3,12,14H2,1-2H3,(H,22,24)/t15-/m1/s1. The van der Waals surface area contributed by atoms with Crippen LogP contribution >= 0.6 is 0 Å². The number of sulfonamides is 1. The Morgan fingerprint density at radius 3 is 2.36 bits per heavy atom. The summed E-state index contributed by atoms with van der Waals surface area (Å²) in [6, 6.07) is 14.8. The first kappa shape index (κ1) is 21.4. The fourth-order valence-electron chi connectivity index (χ4n) is 2.27. The summed E-state index contributed by atoms with van der Waals surface area (Å²) in [5.41, 5.74) is 1.47. The first-order valence-corrected chi connectivity index (χ1v) is 10.3. The van der Waals surface area contributed by atoms with Crippen LogP contribution in [-0.2, 0) is 21.2 Å². The average molecular weight is 401 g/mol. The molecule has 0 aliphatic heterocycles. The van der Waals surface area contributed by atoms with Gasteiger partial charge in [-0.2, -0.15) is 5.26 Å². The third-order valence-electron chi connectivity index (χ3n) is 3.99.